The van der Waals surface area contributed by atoms with Crippen LogP contribution >= 0.6 is 0 Å². The maximum absolute atomic E-state index is 10.5. The fourth-order valence-electron chi connectivity index (χ4n) is 1.79. The zero-order valence-electron chi connectivity index (χ0n) is 8.29. The highest BCUT2D eigenvalue weighted by atomic mass is 16.4. The first-order chi connectivity index (χ1) is 5.93. The Morgan fingerprint density at radius 3 is 2.46 bits per heavy atom. The second kappa shape index (κ2) is 3.66. The maximum atomic E-state index is 10.5. The normalized spacial score (nSPS) is 33.1. The lowest BCUT2D eigenvalue weighted by molar-refractivity contribution is -0.159. The third-order valence-electron chi connectivity index (χ3n) is 2.79. The summed E-state index contributed by atoms with van der Waals surface area (Å²) in [6.07, 6.45) is 2.60. The molecule has 0 aromatic rings. The topological polar surface area (TPSA) is 57.5 Å². The van der Waals surface area contributed by atoms with Crippen molar-refractivity contribution in [1.29, 1.82) is 0 Å². The van der Waals surface area contributed by atoms with Gasteiger partial charge in [0, 0.05) is 0 Å². The van der Waals surface area contributed by atoms with Crippen LogP contribution in [0.25, 0.3) is 0 Å². The number of carboxylic acids is 1. The second-order valence-electron chi connectivity index (χ2n) is 4.60. The van der Waals surface area contributed by atoms with Gasteiger partial charge in [-0.3, -0.25) is 4.79 Å². The van der Waals surface area contributed by atoms with Gasteiger partial charge in [-0.1, -0.05) is 13.8 Å². The first-order valence-corrected chi connectivity index (χ1v) is 4.88. The second-order valence-corrected chi connectivity index (χ2v) is 4.60. The van der Waals surface area contributed by atoms with Crippen molar-refractivity contribution >= 4 is 5.97 Å². The van der Waals surface area contributed by atoms with E-state index >= 15 is 0 Å². The molecule has 0 radical (unpaired) electrons. The molecular weight excluding hydrogens is 168 g/mol. The van der Waals surface area contributed by atoms with E-state index in [9.17, 15) is 9.90 Å². The molecule has 0 heterocycles. The molecule has 0 bridgehead atoms. The van der Waals surface area contributed by atoms with Crippen molar-refractivity contribution < 1.29 is 15.0 Å². The highest BCUT2D eigenvalue weighted by Gasteiger charge is 2.45. The molecular formula is C10H18O3. The Morgan fingerprint density at radius 2 is 2.08 bits per heavy atom. The fourth-order valence-corrected chi connectivity index (χ4v) is 1.79. The molecule has 1 fully saturated rings. The summed E-state index contributed by atoms with van der Waals surface area (Å²) in [6.45, 7) is 4.22. The van der Waals surface area contributed by atoms with Crippen LogP contribution in [0.1, 0.15) is 39.5 Å². The summed E-state index contributed by atoms with van der Waals surface area (Å²) in [6, 6.07) is 0. The molecule has 3 nitrogen and oxygen atoms in total. The molecule has 2 N–H and O–H groups in total. The van der Waals surface area contributed by atoms with Crippen LogP contribution in [0.3, 0.4) is 0 Å². The Bertz CT molecular complexity index is 192. The van der Waals surface area contributed by atoms with Gasteiger partial charge in [0.1, 0.15) is 0 Å². The molecule has 3 heteroatoms. The lowest BCUT2D eigenvalue weighted by Gasteiger charge is -2.42. The molecule has 1 rings (SSSR count). The van der Waals surface area contributed by atoms with Gasteiger partial charge in [0.25, 0.3) is 0 Å². The minimum Gasteiger partial charge on any atom is -0.481 e. The average Bonchev–Trinajstić information content (AvgIpc) is 1.95. The summed E-state index contributed by atoms with van der Waals surface area (Å²) in [5.74, 6) is -0.501. The van der Waals surface area contributed by atoms with E-state index < -0.39 is 11.6 Å². The largest absolute Gasteiger partial charge is 0.481 e. The SMILES string of the molecule is CC(C)CCC1(O)CC(C(=O)O)C1. The molecule has 1 aliphatic carbocycles. The number of carboxylic acid groups (broad SMARTS) is 1. The van der Waals surface area contributed by atoms with Crippen LogP contribution in [-0.4, -0.2) is 21.8 Å². The van der Waals surface area contributed by atoms with Crippen LogP contribution in [-0.2, 0) is 4.79 Å². The predicted molar refractivity (Wildman–Crippen MR) is 49.4 cm³/mol. The molecule has 0 spiro atoms. The standard InChI is InChI=1S/C10H18O3/c1-7(2)3-4-10(13)5-8(6-10)9(11)12/h7-8,13H,3-6H2,1-2H3,(H,11,12). The first-order valence-electron chi connectivity index (χ1n) is 4.88. The Balaban J connectivity index is 2.26. The molecule has 0 aromatic carbocycles. The number of rotatable bonds is 4. The summed E-state index contributed by atoms with van der Waals surface area (Å²) < 4.78 is 0. The highest BCUT2D eigenvalue weighted by molar-refractivity contribution is 5.71. The lowest BCUT2D eigenvalue weighted by Crippen LogP contribution is -2.47. The molecule has 0 aromatic heterocycles. The van der Waals surface area contributed by atoms with Crippen LogP contribution in [0, 0.1) is 11.8 Å². The summed E-state index contributed by atoms with van der Waals surface area (Å²) in [5.41, 5.74) is -0.673. The van der Waals surface area contributed by atoms with Gasteiger partial charge in [-0.05, 0) is 31.6 Å². The van der Waals surface area contributed by atoms with Crippen molar-refractivity contribution in [2.75, 3.05) is 0 Å². The maximum Gasteiger partial charge on any atom is 0.306 e. The molecule has 76 valence electrons. The molecule has 0 aliphatic heterocycles. The Kier molecular flexibility index (Phi) is 2.96. The zero-order valence-corrected chi connectivity index (χ0v) is 8.29. The molecule has 1 saturated carbocycles. The Hall–Kier alpha value is -0.570. The van der Waals surface area contributed by atoms with Gasteiger partial charge in [0.05, 0.1) is 11.5 Å². The lowest BCUT2D eigenvalue weighted by atomic mass is 9.68. The zero-order chi connectivity index (χ0) is 10.1. The summed E-state index contributed by atoms with van der Waals surface area (Å²) in [4.78, 5) is 10.5. The van der Waals surface area contributed by atoms with E-state index in [-0.39, 0.29) is 5.92 Å². The highest BCUT2D eigenvalue weighted by Crippen LogP contribution is 2.41. The molecule has 0 amide bonds. The van der Waals surface area contributed by atoms with Crippen LogP contribution in [0.15, 0.2) is 0 Å². The van der Waals surface area contributed by atoms with Gasteiger partial charge >= 0.3 is 5.97 Å². The van der Waals surface area contributed by atoms with E-state index in [0.29, 0.717) is 18.8 Å². The summed E-state index contributed by atoms with van der Waals surface area (Å²) in [7, 11) is 0. The monoisotopic (exact) mass is 186 g/mol. The number of carbonyl (C=O) groups is 1. The van der Waals surface area contributed by atoms with E-state index in [0.717, 1.165) is 12.8 Å². The van der Waals surface area contributed by atoms with Crippen molar-refractivity contribution in [3.05, 3.63) is 0 Å². The average molecular weight is 186 g/mol. The van der Waals surface area contributed by atoms with E-state index in [1.165, 1.54) is 0 Å². The number of hydrogen-bond acceptors (Lipinski definition) is 2. The molecule has 13 heavy (non-hydrogen) atoms. The predicted octanol–water partition coefficient (Wildman–Crippen LogP) is 1.65. The first kappa shape index (κ1) is 10.5. The van der Waals surface area contributed by atoms with Crippen molar-refractivity contribution in [3.63, 3.8) is 0 Å². The number of aliphatic carboxylic acids is 1. The minimum atomic E-state index is -0.769. The van der Waals surface area contributed by atoms with Crippen molar-refractivity contribution in [1.82, 2.24) is 0 Å². The van der Waals surface area contributed by atoms with E-state index in [4.69, 9.17) is 5.11 Å². The molecule has 0 saturated heterocycles. The molecule has 0 atom stereocenters. The molecule has 0 unspecified atom stereocenters. The van der Waals surface area contributed by atoms with E-state index in [1.807, 2.05) is 0 Å². The smallest absolute Gasteiger partial charge is 0.306 e. The summed E-state index contributed by atoms with van der Waals surface area (Å²) >= 11 is 0. The van der Waals surface area contributed by atoms with Gasteiger partial charge in [0.15, 0.2) is 0 Å². The third-order valence-corrected chi connectivity index (χ3v) is 2.79. The van der Waals surface area contributed by atoms with Crippen LogP contribution < -0.4 is 0 Å². The van der Waals surface area contributed by atoms with Crippen molar-refractivity contribution in [3.8, 4) is 0 Å². The van der Waals surface area contributed by atoms with Crippen molar-refractivity contribution in [2.45, 2.75) is 45.1 Å². The molecule has 1 aliphatic rings. The Labute approximate surface area is 78.8 Å². The Morgan fingerprint density at radius 1 is 1.54 bits per heavy atom. The van der Waals surface area contributed by atoms with Gasteiger partial charge in [0.2, 0.25) is 0 Å². The van der Waals surface area contributed by atoms with E-state index in [1.54, 1.807) is 0 Å². The minimum absolute atomic E-state index is 0.308. The van der Waals surface area contributed by atoms with Gasteiger partial charge < -0.3 is 10.2 Å². The van der Waals surface area contributed by atoms with Gasteiger partial charge in [-0.2, -0.15) is 0 Å². The van der Waals surface area contributed by atoms with E-state index in [2.05, 4.69) is 13.8 Å². The van der Waals surface area contributed by atoms with Crippen molar-refractivity contribution in [2.24, 2.45) is 11.8 Å². The van der Waals surface area contributed by atoms with Gasteiger partial charge in [-0.15, -0.1) is 0 Å². The van der Waals surface area contributed by atoms with Crippen LogP contribution in [0.5, 0.6) is 0 Å². The van der Waals surface area contributed by atoms with Gasteiger partial charge in [-0.25, -0.2) is 0 Å². The third kappa shape index (κ3) is 2.69. The number of hydrogen-bond donors (Lipinski definition) is 2. The van der Waals surface area contributed by atoms with Crippen LogP contribution in [0.4, 0.5) is 0 Å². The number of aliphatic hydroxyl groups is 1. The fraction of sp³-hybridized carbons (Fsp3) is 0.900. The quantitative estimate of drug-likeness (QED) is 0.701. The summed E-state index contributed by atoms with van der Waals surface area (Å²) in [5, 5.41) is 18.4. The van der Waals surface area contributed by atoms with Crippen LogP contribution in [0.2, 0.25) is 0 Å².